The van der Waals surface area contributed by atoms with E-state index >= 15 is 0 Å². The molecule has 3 rings (SSSR count). The Morgan fingerprint density at radius 3 is 2.61 bits per heavy atom. The molecule has 0 aliphatic carbocycles. The third kappa shape index (κ3) is 5.85. The Bertz CT molecular complexity index is 1160. The fraction of sp³-hybridized carbons (Fsp3) is 0.435. The average Bonchev–Trinajstić information content (AvgIpc) is 2.75. The van der Waals surface area contributed by atoms with E-state index in [9.17, 15) is 4.79 Å². The molecule has 3 aromatic rings. The average molecular weight is 499 g/mol. The molecule has 1 atom stereocenters. The van der Waals surface area contributed by atoms with Crippen LogP contribution in [-0.2, 0) is 22.8 Å². The number of hydrogen-bond acceptors (Lipinski definition) is 6. The van der Waals surface area contributed by atoms with Crippen molar-refractivity contribution in [3.8, 4) is 5.75 Å². The first-order valence-electron chi connectivity index (χ1n) is 10.7. The Balaban J connectivity index is 2.12. The molecule has 0 aliphatic heterocycles. The highest BCUT2D eigenvalue weighted by atomic mass is 35.5. The fourth-order valence-electron chi connectivity index (χ4n) is 3.25. The third-order valence-corrected chi connectivity index (χ3v) is 10.4. The van der Waals surface area contributed by atoms with Crippen molar-refractivity contribution in [2.24, 2.45) is 0 Å². The normalized spacial score (nSPS) is 13.5. The first-order valence-corrected chi connectivity index (χ1v) is 15.3. The summed E-state index contributed by atoms with van der Waals surface area (Å²) in [6.07, 6.45) is 4.80. The van der Waals surface area contributed by atoms with Crippen molar-refractivity contribution in [2.45, 2.75) is 52.9 Å². The van der Waals surface area contributed by atoms with Gasteiger partial charge in [0.25, 0.3) is 5.69 Å². The van der Waals surface area contributed by atoms with E-state index in [1.807, 2.05) is 19.1 Å². The number of rotatable bonds is 11. The van der Waals surface area contributed by atoms with Gasteiger partial charge in [-0.2, -0.15) is 0 Å². The van der Waals surface area contributed by atoms with Crippen LogP contribution in [0.5, 0.6) is 5.75 Å². The molecule has 1 heterocycles. The largest absolute Gasteiger partial charge is 0.456 e. The maximum atomic E-state index is 13.4. The zero-order valence-corrected chi connectivity index (χ0v) is 21.4. The summed E-state index contributed by atoms with van der Waals surface area (Å²) in [7, 11) is 0. The van der Waals surface area contributed by atoms with Gasteiger partial charge in [-0.1, -0.05) is 62.7 Å². The lowest BCUT2D eigenvalue weighted by atomic mass is 10.1. The standard InChI is InChI=1S/C23H28ClO4PS2/c1-4-7-8-13-26-29(30,31-14-5-2)28-23-16(6-3)9-12-19-21(23)22(25)18-11-10-17(24)15-20(18)27-19/h9-12,15H,4-8,13-14H2,1-3H3. The highest BCUT2D eigenvalue weighted by Crippen LogP contribution is 2.61. The smallest absolute Gasteiger partial charge is 0.297 e. The molecule has 0 spiro atoms. The number of hydrogen-bond donors (Lipinski definition) is 0. The van der Waals surface area contributed by atoms with Crippen molar-refractivity contribution in [3.63, 3.8) is 0 Å². The van der Waals surface area contributed by atoms with E-state index in [4.69, 9.17) is 36.9 Å². The number of unbranched alkanes of at least 4 members (excludes halogenated alkanes) is 2. The molecule has 0 saturated heterocycles. The van der Waals surface area contributed by atoms with Gasteiger partial charge in [0, 0.05) is 16.8 Å². The minimum atomic E-state index is -2.68. The van der Waals surface area contributed by atoms with Crippen LogP contribution in [0.4, 0.5) is 0 Å². The monoisotopic (exact) mass is 498 g/mol. The molecule has 0 fully saturated rings. The molecule has 1 unspecified atom stereocenters. The Labute approximate surface area is 197 Å². The number of fused-ring (bicyclic) bond motifs is 2. The molecule has 0 saturated carbocycles. The molecule has 0 N–H and O–H groups in total. The topological polar surface area (TPSA) is 48.7 Å². The van der Waals surface area contributed by atoms with Crippen molar-refractivity contribution in [3.05, 3.63) is 51.1 Å². The lowest BCUT2D eigenvalue weighted by molar-refractivity contribution is 0.312. The summed E-state index contributed by atoms with van der Waals surface area (Å²) in [4.78, 5) is 13.4. The van der Waals surface area contributed by atoms with Gasteiger partial charge in [0.1, 0.15) is 22.3 Å². The molecule has 0 radical (unpaired) electrons. The molecule has 0 aliphatic rings. The second kappa shape index (κ2) is 11.2. The first kappa shape index (κ1) is 24.6. The molecule has 0 bridgehead atoms. The van der Waals surface area contributed by atoms with Crippen LogP contribution in [-0.4, -0.2) is 12.4 Å². The molecular weight excluding hydrogens is 471 g/mol. The maximum Gasteiger partial charge on any atom is 0.297 e. The summed E-state index contributed by atoms with van der Waals surface area (Å²) >= 11 is 13.5. The van der Waals surface area contributed by atoms with Crippen LogP contribution >= 0.6 is 28.7 Å². The highest BCUT2D eigenvalue weighted by molar-refractivity contribution is 8.68. The molecule has 0 amide bonds. The Morgan fingerprint density at radius 1 is 1.10 bits per heavy atom. The molecule has 168 valence electrons. The van der Waals surface area contributed by atoms with Crippen LogP contribution in [0.3, 0.4) is 0 Å². The van der Waals surface area contributed by atoms with Crippen LogP contribution in [0.15, 0.2) is 39.5 Å². The molecular formula is C23H28ClO4PS2. The van der Waals surface area contributed by atoms with Crippen LogP contribution in [0.2, 0.25) is 5.02 Å². The molecule has 31 heavy (non-hydrogen) atoms. The van der Waals surface area contributed by atoms with Gasteiger partial charge in [0.05, 0.1) is 12.0 Å². The molecule has 8 heteroatoms. The number of aryl methyl sites for hydroxylation is 1. The van der Waals surface area contributed by atoms with E-state index in [2.05, 4.69) is 13.8 Å². The van der Waals surface area contributed by atoms with E-state index < -0.39 is 5.69 Å². The van der Waals surface area contributed by atoms with Gasteiger partial charge in [-0.3, -0.25) is 4.79 Å². The Morgan fingerprint density at radius 2 is 1.90 bits per heavy atom. The molecule has 2 aromatic carbocycles. The summed E-state index contributed by atoms with van der Waals surface area (Å²) in [5.41, 5.74) is -1.00. The highest BCUT2D eigenvalue weighted by Gasteiger charge is 2.26. The third-order valence-electron chi connectivity index (χ3n) is 4.87. The van der Waals surface area contributed by atoms with E-state index in [1.54, 1.807) is 29.6 Å². The van der Waals surface area contributed by atoms with Crippen molar-refractivity contribution < 1.29 is 13.5 Å². The zero-order chi connectivity index (χ0) is 22.4. The lowest BCUT2D eigenvalue weighted by Gasteiger charge is -2.24. The van der Waals surface area contributed by atoms with E-state index in [0.29, 0.717) is 45.7 Å². The van der Waals surface area contributed by atoms with Crippen molar-refractivity contribution in [1.29, 1.82) is 0 Å². The fourth-order valence-corrected chi connectivity index (χ4v) is 7.94. The second-order valence-electron chi connectivity index (χ2n) is 7.26. The van der Waals surface area contributed by atoms with Crippen molar-refractivity contribution >= 4 is 62.4 Å². The van der Waals surface area contributed by atoms with Gasteiger partial charge in [-0.05, 0) is 54.8 Å². The minimum Gasteiger partial charge on any atom is -0.456 e. The summed E-state index contributed by atoms with van der Waals surface area (Å²) in [6.45, 7) is 6.84. The van der Waals surface area contributed by atoms with Crippen LogP contribution < -0.4 is 9.95 Å². The van der Waals surface area contributed by atoms with Gasteiger partial charge in [-0.25, -0.2) is 0 Å². The Hall–Kier alpha value is -1.04. The summed E-state index contributed by atoms with van der Waals surface area (Å²) < 4.78 is 18.6. The van der Waals surface area contributed by atoms with Gasteiger partial charge in [-0.15, -0.1) is 0 Å². The quantitative estimate of drug-likeness (QED) is 0.151. The van der Waals surface area contributed by atoms with Gasteiger partial charge < -0.3 is 13.5 Å². The number of benzene rings is 2. The van der Waals surface area contributed by atoms with Crippen LogP contribution in [0, 0.1) is 0 Å². The van der Waals surface area contributed by atoms with Crippen LogP contribution in [0.1, 0.15) is 52.0 Å². The predicted octanol–water partition coefficient (Wildman–Crippen LogP) is 8.12. The van der Waals surface area contributed by atoms with Gasteiger partial charge in [0.15, 0.2) is 0 Å². The van der Waals surface area contributed by atoms with Crippen molar-refractivity contribution in [1.82, 2.24) is 0 Å². The van der Waals surface area contributed by atoms with Crippen LogP contribution in [0.25, 0.3) is 21.9 Å². The van der Waals surface area contributed by atoms with E-state index in [0.717, 1.165) is 37.0 Å². The molecule has 4 nitrogen and oxygen atoms in total. The first-order chi connectivity index (χ1) is 14.9. The maximum absolute atomic E-state index is 13.4. The predicted molar refractivity (Wildman–Crippen MR) is 138 cm³/mol. The van der Waals surface area contributed by atoms with Gasteiger partial charge >= 0.3 is 0 Å². The lowest BCUT2D eigenvalue weighted by Crippen LogP contribution is -2.07. The second-order valence-corrected chi connectivity index (χ2v) is 14.1. The minimum absolute atomic E-state index is 0.147. The summed E-state index contributed by atoms with van der Waals surface area (Å²) in [6, 6.07) is 8.78. The van der Waals surface area contributed by atoms with E-state index in [-0.39, 0.29) is 5.43 Å². The molecule has 1 aromatic heterocycles. The van der Waals surface area contributed by atoms with Gasteiger partial charge in [0.2, 0.25) is 5.43 Å². The zero-order valence-electron chi connectivity index (χ0n) is 18.1. The summed E-state index contributed by atoms with van der Waals surface area (Å²) in [5.74, 6) is 1.33. The van der Waals surface area contributed by atoms with Crippen molar-refractivity contribution in [2.75, 3.05) is 12.4 Å². The summed E-state index contributed by atoms with van der Waals surface area (Å²) in [5, 5.41) is 1.40. The SMILES string of the molecule is CCCCCOP(=S)(Oc1c(CC)ccc2oc3cc(Cl)ccc3c(=O)c12)SCCC. The Kier molecular flexibility index (Phi) is 8.89. The van der Waals surface area contributed by atoms with E-state index in [1.165, 1.54) is 0 Å². The number of halogens is 1.